The van der Waals surface area contributed by atoms with Crippen molar-refractivity contribution in [2.75, 3.05) is 0 Å². The van der Waals surface area contributed by atoms with Crippen molar-refractivity contribution in [1.29, 1.82) is 0 Å². The number of carbonyl (C=O) groups excluding carboxylic acids is 1. The molecular formula is C14H14O2. The van der Waals surface area contributed by atoms with Crippen LogP contribution in [-0.2, 0) is 0 Å². The molecule has 0 spiro atoms. The van der Waals surface area contributed by atoms with Crippen LogP contribution < -0.4 is 4.74 Å². The number of ether oxygens (including phenoxy) is 1. The van der Waals surface area contributed by atoms with Crippen molar-refractivity contribution in [3.05, 3.63) is 42.0 Å². The van der Waals surface area contributed by atoms with Crippen molar-refractivity contribution < 1.29 is 9.53 Å². The number of hydrogen-bond acceptors (Lipinski definition) is 2. The second-order valence-electron chi connectivity index (χ2n) is 3.98. The zero-order valence-corrected chi connectivity index (χ0v) is 9.44. The van der Waals surface area contributed by atoms with Crippen LogP contribution in [0, 0.1) is 0 Å². The molecule has 16 heavy (non-hydrogen) atoms. The van der Waals surface area contributed by atoms with E-state index in [9.17, 15) is 4.79 Å². The van der Waals surface area contributed by atoms with E-state index < -0.39 is 0 Å². The van der Waals surface area contributed by atoms with E-state index in [1.165, 1.54) is 0 Å². The Morgan fingerprint density at radius 1 is 1.06 bits per heavy atom. The molecule has 0 fully saturated rings. The van der Waals surface area contributed by atoms with Gasteiger partial charge < -0.3 is 4.74 Å². The van der Waals surface area contributed by atoms with E-state index in [2.05, 4.69) is 0 Å². The van der Waals surface area contributed by atoms with E-state index in [0.29, 0.717) is 5.56 Å². The minimum absolute atomic E-state index is 0.130. The summed E-state index contributed by atoms with van der Waals surface area (Å²) in [5.41, 5.74) is 0.701. The highest BCUT2D eigenvalue weighted by atomic mass is 16.5. The van der Waals surface area contributed by atoms with Gasteiger partial charge in [0.2, 0.25) is 0 Å². The Kier molecular flexibility index (Phi) is 2.91. The predicted molar refractivity (Wildman–Crippen MR) is 65.1 cm³/mol. The fraction of sp³-hybridized carbons (Fsp3) is 0.214. The summed E-state index contributed by atoms with van der Waals surface area (Å²) >= 11 is 0. The third kappa shape index (κ3) is 1.91. The Morgan fingerprint density at radius 2 is 1.75 bits per heavy atom. The SMILES string of the molecule is CC(C)Oc1ccc(C=O)c2ccccc12. The van der Waals surface area contributed by atoms with Crippen LogP contribution in [-0.4, -0.2) is 12.4 Å². The van der Waals surface area contributed by atoms with E-state index in [4.69, 9.17) is 4.74 Å². The molecule has 0 bridgehead atoms. The first-order valence-electron chi connectivity index (χ1n) is 5.36. The number of hydrogen-bond donors (Lipinski definition) is 0. The van der Waals surface area contributed by atoms with Crippen molar-refractivity contribution in [2.45, 2.75) is 20.0 Å². The molecule has 0 saturated carbocycles. The lowest BCUT2D eigenvalue weighted by Crippen LogP contribution is -2.06. The minimum Gasteiger partial charge on any atom is -0.490 e. The van der Waals surface area contributed by atoms with E-state index in [1.54, 1.807) is 6.07 Å². The fourth-order valence-electron chi connectivity index (χ4n) is 1.75. The van der Waals surface area contributed by atoms with Crippen LogP contribution in [0.3, 0.4) is 0 Å². The molecule has 0 unspecified atom stereocenters. The van der Waals surface area contributed by atoms with Gasteiger partial charge in [0.05, 0.1) is 6.10 Å². The van der Waals surface area contributed by atoms with Gasteiger partial charge in [-0.1, -0.05) is 24.3 Å². The maximum Gasteiger partial charge on any atom is 0.150 e. The monoisotopic (exact) mass is 214 g/mol. The van der Waals surface area contributed by atoms with Crippen LogP contribution in [0.2, 0.25) is 0 Å². The van der Waals surface area contributed by atoms with Crippen molar-refractivity contribution in [1.82, 2.24) is 0 Å². The fourth-order valence-corrected chi connectivity index (χ4v) is 1.75. The Bertz CT molecular complexity index is 515. The van der Waals surface area contributed by atoms with E-state index in [0.717, 1.165) is 22.8 Å². The average molecular weight is 214 g/mol. The summed E-state index contributed by atoms with van der Waals surface area (Å²) in [4.78, 5) is 10.9. The van der Waals surface area contributed by atoms with E-state index >= 15 is 0 Å². The van der Waals surface area contributed by atoms with E-state index in [1.807, 2.05) is 44.2 Å². The van der Waals surface area contributed by atoms with Gasteiger partial charge in [-0.15, -0.1) is 0 Å². The third-order valence-corrected chi connectivity index (χ3v) is 2.41. The highest BCUT2D eigenvalue weighted by molar-refractivity contribution is 6.00. The van der Waals surface area contributed by atoms with Crippen LogP contribution >= 0.6 is 0 Å². The predicted octanol–water partition coefficient (Wildman–Crippen LogP) is 3.44. The maximum atomic E-state index is 10.9. The molecule has 2 aromatic rings. The van der Waals surface area contributed by atoms with Gasteiger partial charge in [0, 0.05) is 10.9 Å². The van der Waals surface area contributed by atoms with Crippen molar-refractivity contribution in [2.24, 2.45) is 0 Å². The molecule has 0 aliphatic heterocycles. The van der Waals surface area contributed by atoms with Gasteiger partial charge in [-0.05, 0) is 31.4 Å². The van der Waals surface area contributed by atoms with Gasteiger partial charge in [0.15, 0.2) is 6.29 Å². The summed E-state index contributed by atoms with van der Waals surface area (Å²) in [7, 11) is 0. The second-order valence-corrected chi connectivity index (χ2v) is 3.98. The van der Waals surface area contributed by atoms with Crippen molar-refractivity contribution in [3.63, 3.8) is 0 Å². The number of rotatable bonds is 3. The summed E-state index contributed by atoms with van der Waals surface area (Å²) in [6.45, 7) is 3.98. The van der Waals surface area contributed by atoms with Crippen molar-refractivity contribution in [3.8, 4) is 5.75 Å². The highest BCUT2D eigenvalue weighted by Gasteiger charge is 2.06. The highest BCUT2D eigenvalue weighted by Crippen LogP contribution is 2.28. The summed E-state index contributed by atoms with van der Waals surface area (Å²) in [6.07, 6.45) is 1.01. The molecule has 2 nitrogen and oxygen atoms in total. The topological polar surface area (TPSA) is 26.3 Å². The van der Waals surface area contributed by atoms with Gasteiger partial charge in [0.25, 0.3) is 0 Å². The van der Waals surface area contributed by atoms with Gasteiger partial charge in [-0.3, -0.25) is 4.79 Å². The normalized spacial score (nSPS) is 10.7. The molecule has 0 atom stereocenters. The molecular weight excluding hydrogens is 200 g/mol. The minimum atomic E-state index is 0.130. The maximum absolute atomic E-state index is 10.9. The Labute approximate surface area is 94.8 Å². The molecule has 2 aromatic carbocycles. The number of fused-ring (bicyclic) bond motifs is 1. The zero-order valence-electron chi connectivity index (χ0n) is 9.44. The molecule has 0 aliphatic rings. The molecule has 2 rings (SSSR count). The number of aldehydes is 1. The van der Waals surface area contributed by atoms with Crippen LogP contribution in [0.25, 0.3) is 10.8 Å². The van der Waals surface area contributed by atoms with Gasteiger partial charge in [0.1, 0.15) is 5.75 Å². The molecule has 0 heterocycles. The Morgan fingerprint density at radius 3 is 2.38 bits per heavy atom. The van der Waals surface area contributed by atoms with Crippen LogP contribution in [0.4, 0.5) is 0 Å². The average Bonchev–Trinajstić information content (AvgIpc) is 2.29. The Hall–Kier alpha value is -1.83. The molecule has 0 aromatic heterocycles. The largest absolute Gasteiger partial charge is 0.490 e. The molecule has 82 valence electrons. The van der Waals surface area contributed by atoms with Crippen LogP contribution in [0.15, 0.2) is 36.4 Å². The molecule has 2 heteroatoms. The van der Waals surface area contributed by atoms with Crippen LogP contribution in [0.1, 0.15) is 24.2 Å². The lowest BCUT2D eigenvalue weighted by molar-refractivity contribution is 0.112. The third-order valence-electron chi connectivity index (χ3n) is 2.41. The molecule has 0 N–H and O–H groups in total. The summed E-state index contributed by atoms with van der Waals surface area (Å²) in [5.74, 6) is 0.830. The van der Waals surface area contributed by atoms with Crippen molar-refractivity contribution >= 4 is 17.1 Å². The van der Waals surface area contributed by atoms with E-state index in [-0.39, 0.29) is 6.10 Å². The molecule has 0 radical (unpaired) electrons. The molecule has 0 amide bonds. The second kappa shape index (κ2) is 4.35. The van der Waals surface area contributed by atoms with Crippen LogP contribution in [0.5, 0.6) is 5.75 Å². The first-order valence-corrected chi connectivity index (χ1v) is 5.36. The number of benzene rings is 2. The number of carbonyl (C=O) groups is 1. The van der Waals surface area contributed by atoms with Gasteiger partial charge in [-0.2, -0.15) is 0 Å². The lowest BCUT2D eigenvalue weighted by Gasteiger charge is -2.13. The van der Waals surface area contributed by atoms with Gasteiger partial charge in [-0.25, -0.2) is 0 Å². The zero-order chi connectivity index (χ0) is 11.5. The summed E-state index contributed by atoms with van der Waals surface area (Å²) in [5, 5.41) is 1.93. The summed E-state index contributed by atoms with van der Waals surface area (Å²) in [6, 6.07) is 11.4. The van der Waals surface area contributed by atoms with Gasteiger partial charge >= 0.3 is 0 Å². The molecule has 0 saturated heterocycles. The first kappa shape index (κ1) is 10.7. The molecule has 0 aliphatic carbocycles. The Balaban J connectivity index is 2.64. The summed E-state index contributed by atoms with van der Waals surface area (Å²) < 4.78 is 5.71. The quantitative estimate of drug-likeness (QED) is 0.731. The standard InChI is InChI=1S/C14H14O2/c1-10(2)16-14-8-7-11(9-15)12-5-3-4-6-13(12)14/h3-10H,1-2H3. The lowest BCUT2D eigenvalue weighted by atomic mass is 10.0. The smallest absolute Gasteiger partial charge is 0.150 e. The first-order chi connectivity index (χ1) is 7.72.